The molecule has 152 valence electrons. The molecule has 3 rings (SSSR count). The fourth-order valence-electron chi connectivity index (χ4n) is 2.79. The van der Waals surface area contributed by atoms with Crippen LogP contribution >= 0.6 is 0 Å². The fraction of sp³-hybridized carbons (Fsp3) is 0.368. The molecular weight excluding hydrogens is 378 g/mol. The number of hydrogen-bond donors (Lipinski definition) is 2. The molecule has 2 heterocycles. The van der Waals surface area contributed by atoms with E-state index in [1.165, 1.54) is 30.3 Å². The maximum absolute atomic E-state index is 13.2. The molecule has 1 aliphatic heterocycles. The first-order valence-corrected chi connectivity index (χ1v) is 8.54. The molecule has 0 aliphatic carbocycles. The number of hydrogen-bond acceptors (Lipinski definition) is 4. The van der Waals surface area contributed by atoms with Crippen molar-refractivity contribution < 1.29 is 27.1 Å². The Hall–Kier alpha value is -2.68. The Labute approximate surface area is 159 Å². The summed E-state index contributed by atoms with van der Waals surface area (Å²) in [5.41, 5.74) is 6.66. The van der Waals surface area contributed by atoms with E-state index in [9.17, 15) is 17.6 Å². The van der Waals surface area contributed by atoms with Crippen LogP contribution in [-0.2, 0) is 4.79 Å². The lowest BCUT2D eigenvalue weighted by molar-refractivity contribution is -0.148. The lowest BCUT2D eigenvalue weighted by atomic mass is 9.95. The van der Waals surface area contributed by atoms with E-state index in [-0.39, 0.29) is 17.3 Å². The summed E-state index contributed by atoms with van der Waals surface area (Å²) in [7, 11) is 1.56. The molecule has 0 radical (unpaired) electrons. The van der Waals surface area contributed by atoms with E-state index < -0.39 is 24.5 Å². The van der Waals surface area contributed by atoms with Gasteiger partial charge in [-0.15, -0.1) is 0 Å². The SMILES string of the molecule is CC1COc2c1cc(C(CN)C(F)(F)F)nc2-c1ccc(F)cc1.CNC=O. The Morgan fingerprint density at radius 3 is 2.46 bits per heavy atom. The van der Waals surface area contributed by atoms with Crippen molar-refractivity contribution in [2.75, 3.05) is 20.2 Å². The molecule has 0 fully saturated rings. The second kappa shape index (κ2) is 9.01. The molecule has 9 heteroatoms. The van der Waals surface area contributed by atoms with Crippen molar-refractivity contribution in [1.82, 2.24) is 10.3 Å². The zero-order chi connectivity index (χ0) is 20.9. The Morgan fingerprint density at radius 1 is 1.36 bits per heavy atom. The molecule has 1 amide bonds. The van der Waals surface area contributed by atoms with E-state index in [4.69, 9.17) is 15.3 Å². The Kier molecular flexibility index (Phi) is 6.95. The van der Waals surface area contributed by atoms with Gasteiger partial charge in [0.15, 0.2) is 0 Å². The van der Waals surface area contributed by atoms with Gasteiger partial charge in [-0.1, -0.05) is 6.92 Å². The third-order valence-electron chi connectivity index (χ3n) is 4.25. The zero-order valence-corrected chi connectivity index (χ0v) is 15.4. The smallest absolute Gasteiger partial charge is 0.398 e. The number of aromatic nitrogens is 1. The van der Waals surface area contributed by atoms with Crippen molar-refractivity contribution in [1.29, 1.82) is 0 Å². The molecule has 0 bridgehead atoms. The normalized spacial score (nSPS) is 16.3. The third kappa shape index (κ3) is 4.78. The Morgan fingerprint density at radius 2 is 1.96 bits per heavy atom. The monoisotopic (exact) mass is 399 g/mol. The molecule has 0 saturated heterocycles. The van der Waals surface area contributed by atoms with E-state index in [1.54, 1.807) is 7.05 Å². The van der Waals surface area contributed by atoms with Crippen molar-refractivity contribution in [3.8, 4) is 17.0 Å². The summed E-state index contributed by atoms with van der Waals surface area (Å²) in [6.07, 6.45) is -3.86. The summed E-state index contributed by atoms with van der Waals surface area (Å²) >= 11 is 0. The largest absolute Gasteiger partial charge is 0.490 e. The first-order chi connectivity index (χ1) is 13.2. The van der Waals surface area contributed by atoms with Gasteiger partial charge in [0.05, 0.1) is 12.3 Å². The van der Waals surface area contributed by atoms with Gasteiger partial charge in [-0.05, 0) is 30.3 Å². The van der Waals surface area contributed by atoms with Crippen molar-refractivity contribution in [2.24, 2.45) is 5.73 Å². The molecule has 1 aliphatic rings. The average molecular weight is 399 g/mol. The number of pyridine rings is 1. The minimum atomic E-state index is -4.49. The molecule has 5 nitrogen and oxygen atoms in total. The molecule has 0 saturated carbocycles. The Balaban J connectivity index is 0.000000640. The summed E-state index contributed by atoms with van der Waals surface area (Å²) < 4.78 is 58.5. The van der Waals surface area contributed by atoms with E-state index in [2.05, 4.69) is 10.3 Å². The summed E-state index contributed by atoms with van der Waals surface area (Å²) in [5, 5.41) is 2.25. The highest BCUT2D eigenvalue weighted by Crippen LogP contribution is 2.43. The molecule has 2 unspecified atom stereocenters. The number of rotatable bonds is 4. The van der Waals surface area contributed by atoms with Gasteiger partial charge in [0, 0.05) is 30.6 Å². The van der Waals surface area contributed by atoms with Crippen LogP contribution in [0.25, 0.3) is 11.3 Å². The van der Waals surface area contributed by atoms with Gasteiger partial charge < -0.3 is 15.8 Å². The highest BCUT2D eigenvalue weighted by Gasteiger charge is 2.42. The average Bonchev–Trinajstić information content (AvgIpc) is 3.02. The number of nitrogens with two attached hydrogens (primary N) is 1. The number of carbonyl (C=O) groups is 1. The van der Waals surface area contributed by atoms with Gasteiger partial charge in [-0.2, -0.15) is 13.2 Å². The molecule has 1 aromatic carbocycles. The van der Waals surface area contributed by atoms with Crippen LogP contribution in [0.4, 0.5) is 17.6 Å². The van der Waals surface area contributed by atoms with Crippen LogP contribution in [0.5, 0.6) is 5.75 Å². The van der Waals surface area contributed by atoms with Crippen LogP contribution in [0, 0.1) is 5.82 Å². The summed E-state index contributed by atoms with van der Waals surface area (Å²) in [6.45, 7) is 1.65. The number of nitrogens with zero attached hydrogens (tertiary/aromatic N) is 1. The lowest BCUT2D eigenvalue weighted by Crippen LogP contribution is -2.29. The van der Waals surface area contributed by atoms with Crippen LogP contribution in [0.15, 0.2) is 30.3 Å². The second-order valence-corrected chi connectivity index (χ2v) is 6.27. The topological polar surface area (TPSA) is 77.2 Å². The van der Waals surface area contributed by atoms with E-state index >= 15 is 0 Å². The number of amides is 1. The maximum atomic E-state index is 13.2. The van der Waals surface area contributed by atoms with E-state index in [0.29, 0.717) is 29.9 Å². The minimum Gasteiger partial charge on any atom is -0.490 e. The van der Waals surface area contributed by atoms with Crippen LogP contribution in [0.1, 0.15) is 30.0 Å². The van der Waals surface area contributed by atoms with Gasteiger partial charge in [0.25, 0.3) is 0 Å². The third-order valence-corrected chi connectivity index (χ3v) is 4.25. The fourth-order valence-corrected chi connectivity index (χ4v) is 2.79. The van der Waals surface area contributed by atoms with Crippen molar-refractivity contribution in [3.05, 3.63) is 47.4 Å². The molecule has 3 N–H and O–H groups in total. The van der Waals surface area contributed by atoms with Crippen LogP contribution in [0.3, 0.4) is 0 Å². The van der Waals surface area contributed by atoms with Gasteiger partial charge in [0.2, 0.25) is 6.41 Å². The van der Waals surface area contributed by atoms with Crippen molar-refractivity contribution in [2.45, 2.75) is 24.9 Å². The van der Waals surface area contributed by atoms with Gasteiger partial charge in [0.1, 0.15) is 23.2 Å². The molecule has 1 aromatic heterocycles. The summed E-state index contributed by atoms with van der Waals surface area (Å²) in [6, 6.07) is 6.83. The first-order valence-electron chi connectivity index (χ1n) is 8.54. The predicted octanol–water partition coefficient (Wildman–Crippen LogP) is 3.35. The second-order valence-electron chi connectivity index (χ2n) is 6.27. The van der Waals surface area contributed by atoms with Crippen molar-refractivity contribution in [3.63, 3.8) is 0 Å². The number of ether oxygens (including phenoxy) is 1. The number of fused-ring (bicyclic) bond motifs is 1. The van der Waals surface area contributed by atoms with Crippen LogP contribution in [-0.4, -0.2) is 37.8 Å². The van der Waals surface area contributed by atoms with Crippen LogP contribution < -0.4 is 15.8 Å². The Bertz CT molecular complexity index is 810. The lowest BCUT2D eigenvalue weighted by Gasteiger charge is -2.20. The number of halogens is 4. The minimum absolute atomic E-state index is 0.0485. The number of alkyl halides is 3. The summed E-state index contributed by atoms with van der Waals surface area (Å²) in [5.74, 6) is -1.88. The number of nitrogens with one attached hydrogen (secondary N) is 1. The number of carbonyl (C=O) groups excluding carboxylic acids is 1. The molecule has 28 heavy (non-hydrogen) atoms. The van der Waals surface area contributed by atoms with E-state index in [0.717, 1.165) is 0 Å². The summed E-state index contributed by atoms with van der Waals surface area (Å²) in [4.78, 5) is 13.2. The molecule has 0 spiro atoms. The quantitative estimate of drug-likeness (QED) is 0.611. The van der Waals surface area contributed by atoms with Gasteiger partial charge in [-0.3, -0.25) is 4.79 Å². The highest BCUT2D eigenvalue weighted by molar-refractivity contribution is 5.70. The maximum Gasteiger partial charge on any atom is 0.398 e. The predicted molar refractivity (Wildman–Crippen MR) is 96.5 cm³/mol. The highest BCUT2D eigenvalue weighted by atomic mass is 19.4. The van der Waals surface area contributed by atoms with Crippen LogP contribution in [0.2, 0.25) is 0 Å². The first kappa shape index (κ1) is 21.6. The van der Waals surface area contributed by atoms with Crippen molar-refractivity contribution >= 4 is 6.41 Å². The number of benzene rings is 1. The van der Waals surface area contributed by atoms with E-state index in [1.807, 2.05) is 6.92 Å². The molecule has 2 aromatic rings. The van der Waals surface area contributed by atoms with Gasteiger partial charge in [-0.25, -0.2) is 9.37 Å². The standard InChI is InChI=1S/C17H16F4N2O.C2H5NO/c1-9-8-24-16-12(9)6-14(13(7-22)17(19,20)21)23-15(16)10-2-4-11(18)5-3-10;1-3-2-4/h2-6,9,13H,7-8,22H2,1H3;2H,1H3,(H,3,4). The zero-order valence-electron chi connectivity index (χ0n) is 15.4. The molecule has 2 atom stereocenters. The molecular formula is C19H21F4N3O2. The van der Waals surface area contributed by atoms with Gasteiger partial charge >= 0.3 is 6.18 Å².